The molecule has 3 aromatic rings. The molecule has 0 unspecified atom stereocenters. The number of methoxy groups -OCH3 is 1. The van der Waals surface area contributed by atoms with E-state index in [-0.39, 0.29) is 5.69 Å². The van der Waals surface area contributed by atoms with E-state index >= 15 is 0 Å². The van der Waals surface area contributed by atoms with Gasteiger partial charge in [0.1, 0.15) is 5.75 Å². The molecule has 1 N–H and O–H groups in total. The fraction of sp³-hybridized carbons (Fsp3) is 0.250. The number of imidazole rings is 1. The van der Waals surface area contributed by atoms with Crippen LogP contribution in [0.2, 0.25) is 0 Å². The van der Waals surface area contributed by atoms with Gasteiger partial charge in [-0.2, -0.15) is 0 Å². The van der Waals surface area contributed by atoms with E-state index in [4.69, 9.17) is 4.74 Å². The van der Waals surface area contributed by atoms with E-state index in [0.29, 0.717) is 12.1 Å². The minimum Gasteiger partial charge on any atom is -0.497 e. The highest BCUT2D eigenvalue weighted by Crippen LogP contribution is 2.34. The summed E-state index contributed by atoms with van der Waals surface area (Å²) in [5.41, 5.74) is 2.71. The summed E-state index contributed by atoms with van der Waals surface area (Å²) in [5.74, 6) is -0.178. The Hall–Kier alpha value is -2.34. The van der Waals surface area contributed by atoms with Gasteiger partial charge in [-0.25, -0.2) is 9.78 Å². The molecule has 0 saturated carbocycles. The van der Waals surface area contributed by atoms with E-state index in [9.17, 15) is 9.90 Å². The number of thiazole rings is 1. The Balaban J connectivity index is 2.29. The van der Waals surface area contributed by atoms with Crippen LogP contribution in [-0.2, 0) is 6.42 Å². The molecule has 6 heteroatoms. The predicted molar refractivity (Wildman–Crippen MR) is 86.1 cm³/mol. The third-order valence-corrected chi connectivity index (χ3v) is 4.58. The second kappa shape index (κ2) is 5.46. The van der Waals surface area contributed by atoms with Crippen LogP contribution in [0.5, 0.6) is 5.75 Å². The molecular formula is C16H16N2O3S. The average molecular weight is 316 g/mol. The number of benzene rings is 1. The Bertz CT molecular complexity index is 847. The summed E-state index contributed by atoms with van der Waals surface area (Å²) in [6, 6.07) is 7.61. The molecule has 0 spiro atoms. The Labute approximate surface area is 131 Å². The van der Waals surface area contributed by atoms with Crippen molar-refractivity contribution in [3.8, 4) is 17.0 Å². The number of fused-ring (bicyclic) bond motifs is 1. The number of hydrogen-bond acceptors (Lipinski definition) is 4. The lowest BCUT2D eigenvalue weighted by Gasteiger charge is -2.06. The van der Waals surface area contributed by atoms with Crippen molar-refractivity contribution >= 4 is 22.3 Å². The maximum Gasteiger partial charge on any atom is 0.354 e. The van der Waals surface area contributed by atoms with Gasteiger partial charge in [-0.05, 0) is 43.2 Å². The van der Waals surface area contributed by atoms with Gasteiger partial charge in [0.05, 0.1) is 18.5 Å². The summed E-state index contributed by atoms with van der Waals surface area (Å²) in [6.45, 7) is 3.90. The Morgan fingerprint density at radius 1 is 1.36 bits per heavy atom. The molecule has 0 saturated heterocycles. The lowest BCUT2D eigenvalue weighted by Crippen LogP contribution is -2.06. The Morgan fingerprint density at radius 2 is 2.05 bits per heavy atom. The maximum absolute atomic E-state index is 11.7. The van der Waals surface area contributed by atoms with Crippen LogP contribution < -0.4 is 4.74 Å². The molecule has 0 radical (unpaired) electrons. The number of nitrogens with zero attached hydrogens (tertiary/aromatic N) is 2. The van der Waals surface area contributed by atoms with Gasteiger partial charge in [-0.1, -0.05) is 6.92 Å². The quantitative estimate of drug-likeness (QED) is 0.798. The molecule has 22 heavy (non-hydrogen) atoms. The van der Waals surface area contributed by atoms with Crippen molar-refractivity contribution in [1.29, 1.82) is 0 Å². The van der Waals surface area contributed by atoms with Crippen molar-refractivity contribution in [3.63, 3.8) is 0 Å². The Kier molecular flexibility index (Phi) is 3.62. The zero-order valence-electron chi connectivity index (χ0n) is 12.6. The van der Waals surface area contributed by atoms with Crippen LogP contribution >= 0.6 is 11.3 Å². The van der Waals surface area contributed by atoms with Crippen molar-refractivity contribution in [2.75, 3.05) is 7.11 Å². The van der Waals surface area contributed by atoms with E-state index in [0.717, 1.165) is 26.8 Å². The topological polar surface area (TPSA) is 63.8 Å². The standard InChI is InChI=1S/C16H16N2O3S/c1-4-12-14(15(19)20)18-13(9(2)22-16(18)17-12)10-5-7-11(21-3)8-6-10/h5-8H,4H2,1-3H3,(H,19,20). The molecule has 1 aromatic carbocycles. The molecule has 0 amide bonds. The molecule has 2 aromatic heterocycles. The third kappa shape index (κ3) is 2.16. The first-order valence-corrected chi connectivity index (χ1v) is 7.76. The third-order valence-electron chi connectivity index (χ3n) is 3.62. The van der Waals surface area contributed by atoms with Crippen LogP contribution in [-0.4, -0.2) is 27.6 Å². The minimum absolute atomic E-state index is 0.257. The first kappa shape index (κ1) is 14.6. The van der Waals surface area contributed by atoms with Crippen LogP contribution in [0.4, 0.5) is 0 Å². The summed E-state index contributed by atoms with van der Waals surface area (Å²) in [5, 5.41) is 9.57. The predicted octanol–water partition coefficient (Wildman–Crippen LogP) is 3.64. The fourth-order valence-corrected chi connectivity index (χ4v) is 3.62. The molecule has 0 aliphatic rings. The van der Waals surface area contributed by atoms with Crippen molar-refractivity contribution in [2.45, 2.75) is 20.3 Å². The summed E-state index contributed by atoms with van der Waals surface area (Å²) < 4.78 is 6.93. The molecule has 0 aliphatic carbocycles. The lowest BCUT2D eigenvalue weighted by molar-refractivity contribution is 0.0688. The molecule has 114 valence electrons. The number of rotatable bonds is 4. The number of aromatic nitrogens is 2. The van der Waals surface area contributed by atoms with Crippen LogP contribution in [0.25, 0.3) is 16.2 Å². The summed E-state index contributed by atoms with van der Waals surface area (Å²) in [6.07, 6.45) is 0.594. The van der Waals surface area contributed by atoms with Crippen molar-refractivity contribution in [3.05, 3.63) is 40.5 Å². The summed E-state index contributed by atoms with van der Waals surface area (Å²) >= 11 is 1.51. The van der Waals surface area contributed by atoms with Crippen LogP contribution in [0.3, 0.4) is 0 Å². The van der Waals surface area contributed by atoms with Crippen molar-refractivity contribution in [2.24, 2.45) is 0 Å². The van der Waals surface area contributed by atoms with Gasteiger partial charge in [0.15, 0.2) is 10.7 Å². The van der Waals surface area contributed by atoms with Crippen LogP contribution in [0.1, 0.15) is 28.0 Å². The number of carboxylic acid groups (broad SMARTS) is 1. The van der Waals surface area contributed by atoms with Crippen molar-refractivity contribution < 1.29 is 14.6 Å². The smallest absolute Gasteiger partial charge is 0.354 e. The number of carboxylic acids is 1. The average Bonchev–Trinajstić information content (AvgIpc) is 3.01. The summed E-state index contributed by atoms with van der Waals surface area (Å²) in [4.78, 5) is 17.9. The van der Waals surface area contributed by atoms with E-state index < -0.39 is 5.97 Å². The fourth-order valence-electron chi connectivity index (χ4n) is 2.61. The number of carbonyl (C=O) groups is 1. The number of aryl methyl sites for hydroxylation is 2. The highest BCUT2D eigenvalue weighted by atomic mass is 32.1. The first-order valence-electron chi connectivity index (χ1n) is 6.95. The second-order valence-electron chi connectivity index (χ2n) is 4.92. The minimum atomic E-state index is -0.947. The monoisotopic (exact) mass is 316 g/mol. The van der Waals surface area contributed by atoms with Gasteiger partial charge in [-0.15, -0.1) is 11.3 Å². The van der Waals surface area contributed by atoms with Crippen LogP contribution in [0, 0.1) is 6.92 Å². The number of ether oxygens (including phenoxy) is 1. The van der Waals surface area contributed by atoms with Crippen LogP contribution in [0.15, 0.2) is 24.3 Å². The Morgan fingerprint density at radius 3 is 2.59 bits per heavy atom. The van der Waals surface area contributed by atoms with E-state index in [1.54, 1.807) is 11.5 Å². The zero-order chi connectivity index (χ0) is 15.9. The van der Waals surface area contributed by atoms with Gasteiger partial charge in [0, 0.05) is 4.88 Å². The van der Waals surface area contributed by atoms with E-state index in [2.05, 4.69) is 4.98 Å². The van der Waals surface area contributed by atoms with E-state index in [1.807, 2.05) is 38.1 Å². The first-order chi connectivity index (χ1) is 10.6. The van der Waals surface area contributed by atoms with Crippen molar-refractivity contribution in [1.82, 2.24) is 9.38 Å². The lowest BCUT2D eigenvalue weighted by atomic mass is 10.1. The largest absolute Gasteiger partial charge is 0.497 e. The molecule has 3 rings (SSSR count). The molecule has 0 atom stereocenters. The maximum atomic E-state index is 11.7. The molecule has 0 aliphatic heterocycles. The second-order valence-corrected chi connectivity index (χ2v) is 6.10. The normalized spacial score (nSPS) is 11.0. The zero-order valence-corrected chi connectivity index (χ0v) is 13.4. The van der Waals surface area contributed by atoms with Gasteiger partial charge >= 0.3 is 5.97 Å². The van der Waals surface area contributed by atoms with Gasteiger partial charge in [-0.3, -0.25) is 4.40 Å². The van der Waals surface area contributed by atoms with Gasteiger partial charge < -0.3 is 9.84 Å². The van der Waals surface area contributed by atoms with E-state index in [1.165, 1.54) is 11.3 Å². The molecular weight excluding hydrogens is 300 g/mol. The molecule has 5 nitrogen and oxygen atoms in total. The van der Waals surface area contributed by atoms with Gasteiger partial charge in [0.25, 0.3) is 0 Å². The highest BCUT2D eigenvalue weighted by molar-refractivity contribution is 7.17. The van der Waals surface area contributed by atoms with Gasteiger partial charge in [0.2, 0.25) is 0 Å². The summed E-state index contributed by atoms with van der Waals surface area (Å²) in [7, 11) is 1.62. The number of aromatic carboxylic acids is 1. The molecule has 2 heterocycles. The SMILES string of the molecule is CCc1nc2sc(C)c(-c3ccc(OC)cc3)n2c1C(=O)O. The number of hydrogen-bond donors (Lipinski definition) is 1. The highest BCUT2D eigenvalue weighted by Gasteiger charge is 2.23. The molecule has 0 bridgehead atoms. The molecule has 0 fully saturated rings.